The van der Waals surface area contributed by atoms with E-state index >= 15 is 0 Å². The summed E-state index contributed by atoms with van der Waals surface area (Å²) in [6.45, 7) is 8.46. The first kappa shape index (κ1) is 16.4. The van der Waals surface area contributed by atoms with E-state index in [9.17, 15) is 0 Å². The lowest BCUT2D eigenvalue weighted by Gasteiger charge is -2.33. The van der Waals surface area contributed by atoms with Crippen LogP contribution in [0.4, 0.5) is 0 Å². The third kappa shape index (κ3) is 10.3. The number of hydrogen-bond acceptors (Lipinski definition) is 2. The van der Waals surface area contributed by atoms with Crippen LogP contribution >= 0.6 is 0 Å². The summed E-state index contributed by atoms with van der Waals surface area (Å²) in [7, 11) is 0. The molecule has 1 rings (SSSR count). The van der Waals surface area contributed by atoms with E-state index in [2.05, 4.69) is 18.7 Å². The van der Waals surface area contributed by atoms with Gasteiger partial charge in [0.05, 0.1) is 0 Å². The van der Waals surface area contributed by atoms with Crippen LogP contribution in [0.5, 0.6) is 0 Å². The number of rotatable bonds is 5. The van der Waals surface area contributed by atoms with E-state index in [-0.39, 0.29) is 0 Å². The van der Waals surface area contributed by atoms with Crippen LogP contribution in [0.2, 0.25) is 0 Å². The second-order valence-corrected chi connectivity index (χ2v) is 4.96. The third-order valence-corrected chi connectivity index (χ3v) is 3.24. The number of aliphatic carboxylic acids is 1. The van der Waals surface area contributed by atoms with Crippen molar-refractivity contribution in [3.8, 4) is 0 Å². The van der Waals surface area contributed by atoms with E-state index in [0.29, 0.717) is 0 Å². The van der Waals surface area contributed by atoms with E-state index in [0.717, 1.165) is 13.0 Å². The van der Waals surface area contributed by atoms with Crippen LogP contribution in [0.1, 0.15) is 65.7 Å². The minimum atomic E-state index is -0.833. The Morgan fingerprint density at radius 2 is 1.94 bits per heavy atom. The Morgan fingerprint density at radius 3 is 2.47 bits per heavy atom. The molecule has 3 nitrogen and oxygen atoms in total. The zero-order valence-electron chi connectivity index (χ0n) is 11.7. The van der Waals surface area contributed by atoms with E-state index < -0.39 is 5.97 Å². The molecule has 0 aromatic heterocycles. The molecule has 3 heteroatoms. The van der Waals surface area contributed by atoms with Crippen LogP contribution in [0, 0.1) is 0 Å². The van der Waals surface area contributed by atoms with Crippen molar-refractivity contribution in [2.24, 2.45) is 0 Å². The highest BCUT2D eigenvalue weighted by molar-refractivity contribution is 5.62. The lowest BCUT2D eigenvalue weighted by atomic mass is 10.0. The number of unbranched alkanes of at least 4 members (excludes halogenated alkanes) is 3. The van der Waals surface area contributed by atoms with Crippen LogP contribution in [0.15, 0.2) is 0 Å². The van der Waals surface area contributed by atoms with Gasteiger partial charge in [-0.1, -0.05) is 32.6 Å². The summed E-state index contributed by atoms with van der Waals surface area (Å²) in [6.07, 6.45) is 9.92. The fourth-order valence-corrected chi connectivity index (χ4v) is 2.23. The van der Waals surface area contributed by atoms with Gasteiger partial charge in [-0.15, -0.1) is 0 Å². The monoisotopic (exact) mass is 243 g/mol. The zero-order chi connectivity index (χ0) is 13.1. The van der Waals surface area contributed by atoms with E-state index in [1.807, 2.05) is 0 Å². The van der Waals surface area contributed by atoms with Crippen molar-refractivity contribution in [1.29, 1.82) is 0 Å². The number of likely N-dealkylation sites (tertiary alicyclic amines) is 1. The van der Waals surface area contributed by atoms with Gasteiger partial charge in [0.2, 0.25) is 0 Å². The number of carboxylic acids is 1. The lowest BCUT2D eigenvalue weighted by Crippen LogP contribution is -2.37. The normalized spacial score (nSPS) is 20.5. The van der Waals surface area contributed by atoms with Gasteiger partial charge in [0.1, 0.15) is 0 Å². The Morgan fingerprint density at radius 1 is 1.29 bits per heavy atom. The Hall–Kier alpha value is -0.570. The van der Waals surface area contributed by atoms with Crippen LogP contribution in [0.3, 0.4) is 0 Å². The van der Waals surface area contributed by atoms with Gasteiger partial charge in [0.25, 0.3) is 5.97 Å². The Kier molecular flexibility index (Phi) is 10.2. The molecule has 1 N–H and O–H groups in total. The molecule has 1 aliphatic rings. The highest BCUT2D eigenvalue weighted by Crippen LogP contribution is 2.16. The predicted octanol–water partition coefficient (Wildman–Crippen LogP) is 3.53. The van der Waals surface area contributed by atoms with Crippen molar-refractivity contribution >= 4 is 5.97 Å². The minimum Gasteiger partial charge on any atom is -0.481 e. The third-order valence-electron chi connectivity index (χ3n) is 3.24. The van der Waals surface area contributed by atoms with Gasteiger partial charge in [-0.05, 0) is 39.3 Å². The van der Waals surface area contributed by atoms with E-state index in [1.165, 1.54) is 58.0 Å². The van der Waals surface area contributed by atoms with Gasteiger partial charge in [-0.25, -0.2) is 0 Å². The summed E-state index contributed by atoms with van der Waals surface area (Å²) in [5.74, 6) is -0.833. The van der Waals surface area contributed by atoms with Crippen molar-refractivity contribution in [1.82, 2.24) is 4.90 Å². The van der Waals surface area contributed by atoms with Crippen LogP contribution < -0.4 is 0 Å². The van der Waals surface area contributed by atoms with Crippen molar-refractivity contribution < 1.29 is 9.90 Å². The highest BCUT2D eigenvalue weighted by atomic mass is 16.4. The zero-order valence-corrected chi connectivity index (χ0v) is 11.7. The second kappa shape index (κ2) is 10.6. The smallest absolute Gasteiger partial charge is 0.300 e. The highest BCUT2D eigenvalue weighted by Gasteiger charge is 2.16. The predicted molar refractivity (Wildman–Crippen MR) is 72.3 cm³/mol. The maximum absolute atomic E-state index is 9.00. The molecule has 102 valence electrons. The average Bonchev–Trinajstić information content (AvgIpc) is 2.26. The van der Waals surface area contributed by atoms with Crippen molar-refractivity contribution in [2.75, 3.05) is 13.1 Å². The Balaban J connectivity index is 0.000000557. The molecule has 17 heavy (non-hydrogen) atoms. The molecule has 1 fully saturated rings. The standard InChI is InChI=1S/C12H25N.C2H4O2/c1-3-4-5-7-10-13-11-8-6-9-12(13)2;1-2(3)4/h12H,3-11H2,1-2H3;1H3,(H,3,4). The first-order valence-corrected chi connectivity index (χ1v) is 7.01. The Bertz CT molecular complexity index is 191. The SMILES string of the molecule is CC(=O)O.CCCCCCN1CCCCC1C. The summed E-state index contributed by atoms with van der Waals surface area (Å²) >= 11 is 0. The van der Waals surface area contributed by atoms with Crippen molar-refractivity contribution in [2.45, 2.75) is 71.8 Å². The molecule has 0 aliphatic carbocycles. The molecule has 1 heterocycles. The molecule has 0 aromatic carbocycles. The summed E-state index contributed by atoms with van der Waals surface area (Å²) in [5, 5.41) is 7.42. The largest absolute Gasteiger partial charge is 0.481 e. The van der Waals surface area contributed by atoms with Crippen LogP contribution in [0.25, 0.3) is 0 Å². The molecule has 0 aromatic rings. The van der Waals surface area contributed by atoms with E-state index in [1.54, 1.807) is 0 Å². The molecule has 0 amide bonds. The lowest BCUT2D eigenvalue weighted by molar-refractivity contribution is -0.134. The summed E-state index contributed by atoms with van der Waals surface area (Å²) in [6, 6.07) is 0.857. The van der Waals surface area contributed by atoms with Crippen molar-refractivity contribution in [3.05, 3.63) is 0 Å². The molecule has 1 atom stereocenters. The maximum Gasteiger partial charge on any atom is 0.300 e. The molecule has 1 unspecified atom stereocenters. The van der Waals surface area contributed by atoms with Gasteiger partial charge in [0, 0.05) is 13.0 Å². The molecule has 0 spiro atoms. The number of hydrogen-bond donors (Lipinski definition) is 1. The minimum absolute atomic E-state index is 0.833. The van der Waals surface area contributed by atoms with Gasteiger partial charge >= 0.3 is 0 Å². The average molecular weight is 243 g/mol. The topological polar surface area (TPSA) is 40.5 Å². The van der Waals surface area contributed by atoms with Gasteiger partial charge in [0.15, 0.2) is 0 Å². The van der Waals surface area contributed by atoms with Crippen LogP contribution in [-0.4, -0.2) is 35.1 Å². The van der Waals surface area contributed by atoms with Crippen molar-refractivity contribution in [3.63, 3.8) is 0 Å². The molecule has 1 aliphatic heterocycles. The first-order valence-electron chi connectivity index (χ1n) is 7.01. The summed E-state index contributed by atoms with van der Waals surface area (Å²) in [4.78, 5) is 11.7. The van der Waals surface area contributed by atoms with Gasteiger partial charge in [-0.2, -0.15) is 0 Å². The Labute approximate surface area is 106 Å². The fourth-order valence-electron chi connectivity index (χ4n) is 2.23. The van der Waals surface area contributed by atoms with Gasteiger partial charge in [-0.3, -0.25) is 4.79 Å². The second-order valence-electron chi connectivity index (χ2n) is 4.96. The fraction of sp³-hybridized carbons (Fsp3) is 0.929. The summed E-state index contributed by atoms with van der Waals surface area (Å²) in [5.41, 5.74) is 0. The number of piperidine rings is 1. The maximum atomic E-state index is 9.00. The number of nitrogens with zero attached hydrogens (tertiary/aromatic N) is 1. The molecular weight excluding hydrogens is 214 g/mol. The molecule has 0 bridgehead atoms. The molecule has 0 radical (unpaired) electrons. The molecular formula is C14H29NO2. The molecule has 1 saturated heterocycles. The summed E-state index contributed by atoms with van der Waals surface area (Å²) < 4.78 is 0. The first-order chi connectivity index (χ1) is 8.07. The number of carboxylic acid groups (broad SMARTS) is 1. The quantitative estimate of drug-likeness (QED) is 0.751. The van der Waals surface area contributed by atoms with Gasteiger partial charge < -0.3 is 10.0 Å². The van der Waals surface area contributed by atoms with Crippen LogP contribution in [-0.2, 0) is 4.79 Å². The molecule has 0 saturated carbocycles. The van der Waals surface area contributed by atoms with E-state index in [4.69, 9.17) is 9.90 Å². The number of carbonyl (C=O) groups is 1.